The van der Waals surface area contributed by atoms with Crippen molar-refractivity contribution in [2.45, 2.75) is 45.2 Å². The molecule has 4 unspecified atom stereocenters. The minimum atomic E-state index is -0.0283. The Bertz CT molecular complexity index is 755. The Kier molecular flexibility index (Phi) is 4.58. The molecule has 0 spiro atoms. The highest BCUT2D eigenvalue weighted by Crippen LogP contribution is 2.47. The van der Waals surface area contributed by atoms with Crippen molar-refractivity contribution in [3.63, 3.8) is 0 Å². The first kappa shape index (κ1) is 17.2. The standard InChI is InChI=1S/C18H24N4O.ClH/c1-10(2)22-15-8-14(6-5-13(15)9-20-22)21-18(23)16-11-3-4-12(7-11)17(16)19;/h5-6,8-12,16-17H,3-4,7,19H2,1-2H3,(H,21,23);1H. The van der Waals surface area contributed by atoms with E-state index in [1.54, 1.807) is 0 Å². The predicted molar refractivity (Wildman–Crippen MR) is 98.3 cm³/mol. The molecular weight excluding hydrogens is 324 g/mol. The first-order valence-electron chi connectivity index (χ1n) is 8.58. The Labute approximate surface area is 148 Å². The number of nitrogens with two attached hydrogens (primary N) is 1. The Morgan fingerprint density at radius 1 is 1.33 bits per heavy atom. The van der Waals surface area contributed by atoms with E-state index in [1.165, 1.54) is 6.42 Å². The van der Waals surface area contributed by atoms with E-state index >= 15 is 0 Å². The smallest absolute Gasteiger partial charge is 0.229 e. The summed E-state index contributed by atoms with van der Waals surface area (Å²) in [7, 11) is 0. The van der Waals surface area contributed by atoms with Crippen molar-refractivity contribution in [1.82, 2.24) is 9.78 Å². The van der Waals surface area contributed by atoms with Crippen molar-refractivity contribution in [1.29, 1.82) is 0 Å². The first-order chi connectivity index (χ1) is 11.0. The van der Waals surface area contributed by atoms with Crippen molar-refractivity contribution in [2.75, 3.05) is 5.32 Å². The van der Waals surface area contributed by atoms with Gasteiger partial charge >= 0.3 is 0 Å². The predicted octanol–water partition coefficient (Wildman–Crippen LogP) is 3.35. The van der Waals surface area contributed by atoms with Gasteiger partial charge in [-0.2, -0.15) is 5.10 Å². The molecule has 4 atom stereocenters. The molecule has 2 bridgehead atoms. The van der Waals surface area contributed by atoms with Crippen molar-refractivity contribution in [3.05, 3.63) is 24.4 Å². The highest BCUT2D eigenvalue weighted by molar-refractivity contribution is 5.95. The molecule has 1 aromatic heterocycles. The van der Waals surface area contributed by atoms with Crippen LogP contribution in [0, 0.1) is 17.8 Å². The molecule has 1 aromatic carbocycles. The van der Waals surface area contributed by atoms with Gasteiger partial charge in [0, 0.05) is 23.2 Å². The number of benzene rings is 1. The maximum atomic E-state index is 12.7. The number of nitrogens with zero attached hydrogens (tertiary/aromatic N) is 2. The number of anilines is 1. The maximum absolute atomic E-state index is 12.7. The number of hydrogen-bond acceptors (Lipinski definition) is 3. The summed E-state index contributed by atoms with van der Waals surface area (Å²) in [5.41, 5.74) is 8.17. The second-order valence-corrected chi connectivity index (χ2v) is 7.38. The van der Waals surface area contributed by atoms with Crippen LogP contribution in [0.15, 0.2) is 24.4 Å². The van der Waals surface area contributed by atoms with Gasteiger partial charge in [0.1, 0.15) is 0 Å². The average molecular weight is 349 g/mol. The summed E-state index contributed by atoms with van der Waals surface area (Å²) < 4.78 is 1.98. The number of nitrogens with one attached hydrogen (secondary N) is 1. The second kappa shape index (κ2) is 6.37. The SMILES string of the molecule is CC(C)n1ncc2ccc(NC(=O)C3C4CCC(C4)C3N)cc21.Cl. The fraction of sp³-hybridized carbons (Fsp3) is 0.556. The molecule has 4 rings (SSSR count). The zero-order valence-electron chi connectivity index (χ0n) is 14.1. The number of rotatable bonds is 3. The third-order valence-corrected chi connectivity index (χ3v) is 5.64. The molecular formula is C18H25ClN4O. The molecule has 2 saturated carbocycles. The molecule has 2 aromatic rings. The lowest BCUT2D eigenvalue weighted by atomic mass is 9.84. The third-order valence-electron chi connectivity index (χ3n) is 5.64. The highest BCUT2D eigenvalue weighted by atomic mass is 35.5. The molecule has 0 aliphatic heterocycles. The largest absolute Gasteiger partial charge is 0.327 e. The molecule has 5 nitrogen and oxygen atoms in total. The van der Waals surface area contributed by atoms with Crippen LogP contribution < -0.4 is 11.1 Å². The van der Waals surface area contributed by atoms with Crippen LogP contribution in [0.3, 0.4) is 0 Å². The first-order valence-corrected chi connectivity index (χ1v) is 8.58. The number of aromatic nitrogens is 2. The summed E-state index contributed by atoms with van der Waals surface area (Å²) in [6.07, 6.45) is 5.33. The van der Waals surface area contributed by atoms with Crippen molar-refractivity contribution in [3.8, 4) is 0 Å². The van der Waals surface area contributed by atoms with Crippen LogP contribution in [-0.4, -0.2) is 21.7 Å². The number of amides is 1. The Morgan fingerprint density at radius 2 is 2.08 bits per heavy atom. The second-order valence-electron chi connectivity index (χ2n) is 7.38. The van der Waals surface area contributed by atoms with Crippen molar-refractivity contribution < 1.29 is 4.79 Å². The Hall–Kier alpha value is -1.59. The lowest BCUT2D eigenvalue weighted by Crippen LogP contribution is -2.42. The van der Waals surface area contributed by atoms with E-state index in [2.05, 4.69) is 24.3 Å². The molecule has 0 radical (unpaired) electrons. The number of carbonyl (C=O) groups is 1. The summed E-state index contributed by atoms with van der Waals surface area (Å²) in [6.45, 7) is 4.21. The van der Waals surface area contributed by atoms with Gasteiger partial charge in [0.25, 0.3) is 0 Å². The van der Waals surface area contributed by atoms with Crippen LogP contribution in [0.2, 0.25) is 0 Å². The van der Waals surface area contributed by atoms with Gasteiger partial charge in [0.05, 0.1) is 17.6 Å². The van der Waals surface area contributed by atoms with Crippen LogP contribution in [-0.2, 0) is 4.79 Å². The Balaban J connectivity index is 0.00000169. The molecule has 1 heterocycles. The van der Waals surface area contributed by atoms with E-state index in [9.17, 15) is 4.79 Å². The monoisotopic (exact) mass is 348 g/mol. The van der Waals surface area contributed by atoms with Crippen molar-refractivity contribution >= 4 is 34.9 Å². The minimum Gasteiger partial charge on any atom is -0.327 e. The zero-order valence-corrected chi connectivity index (χ0v) is 14.9. The Morgan fingerprint density at radius 3 is 2.75 bits per heavy atom. The topological polar surface area (TPSA) is 72.9 Å². The van der Waals surface area contributed by atoms with Crippen molar-refractivity contribution in [2.24, 2.45) is 23.5 Å². The summed E-state index contributed by atoms with van der Waals surface area (Å²) >= 11 is 0. The van der Waals surface area contributed by atoms with E-state index in [1.807, 2.05) is 29.1 Å². The summed E-state index contributed by atoms with van der Waals surface area (Å²) in [5, 5.41) is 8.60. The third kappa shape index (κ3) is 2.70. The van der Waals surface area contributed by atoms with Gasteiger partial charge in [-0.3, -0.25) is 9.48 Å². The van der Waals surface area contributed by atoms with Gasteiger partial charge in [-0.05, 0) is 63.1 Å². The molecule has 24 heavy (non-hydrogen) atoms. The summed E-state index contributed by atoms with van der Waals surface area (Å²) in [6, 6.07) is 6.29. The molecule has 1 amide bonds. The van der Waals surface area contributed by atoms with Crippen LogP contribution in [0.5, 0.6) is 0 Å². The van der Waals surface area contributed by atoms with Gasteiger partial charge in [-0.1, -0.05) is 0 Å². The minimum absolute atomic E-state index is 0. The van der Waals surface area contributed by atoms with E-state index in [4.69, 9.17) is 5.73 Å². The molecule has 2 aliphatic rings. The van der Waals surface area contributed by atoms with Gasteiger partial charge < -0.3 is 11.1 Å². The normalized spacial score (nSPS) is 28.3. The highest BCUT2D eigenvalue weighted by Gasteiger charge is 2.49. The lowest BCUT2D eigenvalue weighted by molar-refractivity contribution is -0.121. The molecule has 2 fully saturated rings. The molecule has 2 aliphatic carbocycles. The van der Waals surface area contributed by atoms with Crippen LogP contribution in [0.4, 0.5) is 5.69 Å². The summed E-state index contributed by atoms with van der Waals surface area (Å²) in [4.78, 5) is 12.7. The number of hydrogen-bond donors (Lipinski definition) is 2. The van der Waals surface area contributed by atoms with Crippen LogP contribution in [0.1, 0.15) is 39.2 Å². The van der Waals surface area contributed by atoms with E-state index in [0.717, 1.165) is 29.4 Å². The van der Waals surface area contributed by atoms with Crippen LogP contribution in [0.25, 0.3) is 10.9 Å². The van der Waals surface area contributed by atoms with Gasteiger partial charge in [0.15, 0.2) is 0 Å². The van der Waals surface area contributed by atoms with E-state index in [0.29, 0.717) is 11.8 Å². The quantitative estimate of drug-likeness (QED) is 0.893. The number of halogens is 1. The molecule has 130 valence electrons. The van der Waals surface area contributed by atoms with Gasteiger partial charge in [0.2, 0.25) is 5.91 Å². The molecule has 0 saturated heterocycles. The molecule has 6 heteroatoms. The van der Waals surface area contributed by atoms with Gasteiger partial charge in [-0.25, -0.2) is 0 Å². The zero-order chi connectivity index (χ0) is 16.1. The lowest BCUT2D eigenvalue weighted by Gasteiger charge is -2.27. The maximum Gasteiger partial charge on any atom is 0.229 e. The fourth-order valence-corrected chi connectivity index (χ4v) is 4.48. The van der Waals surface area contributed by atoms with E-state index < -0.39 is 0 Å². The average Bonchev–Trinajstić information content (AvgIpc) is 3.19. The van der Waals surface area contributed by atoms with E-state index in [-0.39, 0.29) is 36.3 Å². The number of carbonyl (C=O) groups excluding carboxylic acids is 1. The number of fused-ring (bicyclic) bond motifs is 3. The molecule has 3 N–H and O–H groups in total. The van der Waals surface area contributed by atoms with Crippen LogP contribution >= 0.6 is 12.4 Å². The van der Waals surface area contributed by atoms with Gasteiger partial charge in [-0.15, -0.1) is 12.4 Å². The summed E-state index contributed by atoms with van der Waals surface area (Å²) in [5.74, 6) is 1.07. The fourth-order valence-electron chi connectivity index (χ4n) is 4.48.